The van der Waals surface area contributed by atoms with E-state index in [2.05, 4.69) is 10.6 Å². The zero-order valence-corrected chi connectivity index (χ0v) is 18.8. The van der Waals surface area contributed by atoms with Crippen LogP contribution in [0.25, 0.3) is 0 Å². The summed E-state index contributed by atoms with van der Waals surface area (Å²) in [5.41, 5.74) is 2.20. The molecule has 0 aliphatic carbocycles. The fourth-order valence-electron chi connectivity index (χ4n) is 2.50. The number of hydrogen-bond acceptors (Lipinski definition) is 6. The second-order valence-electron chi connectivity index (χ2n) is 7.25. The van der Waals surface area contributed by atoms with Gasteiger partial charge in [0.2, 0.25) is 5.91 Å². The van der Waals surface area contributed by atoms with Crippen molar-refractivity contribution in [1.82, 2.24) is 0 Å². The lowest BCUT2D eigenvalue weighted by Crippen LogP contribution is -2.21. The maximum Gasteiger partial charge on any atom is 0.338 e. The van der Waals surface area contributed by atoms with E-state index >= 15 is 0 Å². The minimum Gasteiger partial charge on any atom is -0.459 e. The lowest BCUT2D eigenvalue weighted by molar-refractivity contribution is -0.147. The molecule has 0 fully saturated rings. The van der Waals surface area contributed by atoms with Gasteiger partial charge in [-0.3, -0.25) is 14.4 Å². The molecule has 0 saturated heterocycles. The summed E-state index contributed by atoms with van der Waals surface area (Å²) >= 11 is 6.00. The van der Waals surface area contributed by atoms with Gasteiger partial charge in [-0.05, 0) is 62.7 Å². The summed E-state index contributed by atoms with van der Waals surface area (Å²) in [6.45, 7) is 4.87. The summed E-state index contributed by atoms with van der Waals surface area (Å²) < 4.78 is 9.98. The predicted molar refractivity (Wildman–Crippen MR) is 121 cm³/mol. The van der Waals surface area contributed by atoms with Gasteiger partial charge in [0.1, 0.15) is 0 Å². The number of esters is 2. The molecular weight excluding hydrogens is 436 g/mol. The molecule has 0 bridgehead atoms. The number of nitrogens with one attached hydrogen (secondary N) is 2. The molecule has 0 aliphatic rings. The first-order valence-electron chi connectivity index (χ1n) is 9.96. The van der Waals surface area contributed by atoms with E-state index in [9.17, 15) is 19.2 Å². The van der Waals surface area contributed by atoms with E-state index in [4.69, 9.17) is 21.1 Å². The molecule has 170 valence electrons. The topological polar surface area (TPSA) is 111 Å². The fourth-order valence-corrected chi connectivity index (χ4v) is 2.68. The van der Waals surface area contributed by atoms with Crippen molar-refractivity contribution >= 4 is 46.7 Å². The highest BCUT2D eigenvalue weighted by molar-refractivity contribution is 6.31. The van der Waals surface area contributed by atoms with Gasteiger partial charge in [-0.15, -0.1) is 0 Å². The Bertz CT molecular complexity index is 988. The number of carbonyl (C=O) groups excluding carboxylic acids is 4. The zero-order valence-electron chi connectivity index (χ0n) is 18.1. The van der Waals surface area contributed by atoms with Gasteiger partial charge in [0.05, 0.1) is 18.1 Å². The summed E-state index contributed by atoms with van der Waals surface area (Å²) in [5, 5.41) is 5.70. The zero-order chi connectivity index (χ0) is 23.7. The summed E-state index contributed by atoms with van der Waals surface area (Å²) in [7, 11) is 0. The van der Waals surface area contributed by atoms with E-state index in [0.717, 1.165) is 5.56 Å². The third-order valence-corrected chi connectivity index (χ3v) is 4.53. The quantitative estimate of drug-likeness (QED) is 0.545. The summed E-state index contributed by atoms with van der Waals surface area (Å²) in [5.74, 6) is -2.05. The Morgan fingerprint density at radius 3 is 2.16 bits per heavy atom. The van der Waals surface area contributed by atoms with Crippen LogP contribution in [-0.2, 0) is 23.9 Å². The van der Waals surface area contributed by atoms with Crippen molar-refractivity contribution in [2.24, 2.45) is 0 Å². The average molecular weight is 461 g/mol. The average Bonchev–Trinajstić information content (AvgIpc) is 2.73. The van der Waals surface area contributed by atoms with Crippen LogP contribution in [0.15, 0.2) is 42.5 Å². The van der Waals surface area contributed by atoms with Gasteiger partial charge >= 0.3 is 11.9 Å². The van der Waals surface area contributed by atoms with Crippen molar-refractivity contribution in [3.05, 3.63) is 58.6 Å². The Labute approximate surface area is 191 Å². The van der Waals surface area contributed by atoms with Crippen LogP contribution in [0, 0.1) is 6.92 Å². The standard InChI is InChI=1S/C23H25ClN2O6/c1-14(2)32-23(30)16-5-8-17(9-6-16)25-20(27)10-11-22(29)31-13-21(28)26-18-7-4-15(3)19(24)12-18/h4-9,12,14H,10-11,13H2,1-3H3,(H,25,27)(H,26,28). The molecule has 0 atom stereocenters. The van der Waals surface area contributed by atoms with Crippen molar-refractivity contribution in [2.75, 3.05) is 17.2 Å². The Hall–Kier alpha value is -3.39. The van der Waals surface area contributed by atoms with E-state index in [-0.39, 0.29) is 18.9 Å². The first kappa shape index (κ1) is 24.9. The monoisotopic (exact) mass is 460 g/mol. The van der Waals surface area contributed by atoms with Gasteiger partial charge in [0.25, 0.3) is 5.91 Å². The Kier molecular flexibility index (Phi) is 9.22. The fraction of sp³-hybridized carbons (Fsp3) is 0.304. The molecule has 2 N–H and O–H groups in total. The van der Waals surface area contributed by atoms with Crippen LogP contribution >= 0.6 is 11.6 Å². The SMILES string of the molecule is Cc1ccc(NC(=O)COC(=O)CCC(=O)Nc2ccc(C(=O)OC(C)C)cc2)cc1Cl. The van der Waals surface area contributed by atoms with Crippen LogP contribution in [0.3, 0.4) is 0 Å². The van der Waals surface area contributed by atoms with E-state index in [1.165, 1.54) is 12.1 Å². The second kappa shape index (κ2) is 11.9. The molecule has 32 heavy (non-hydrogen) atoms. The Morgan fingerprint density at radius 1 is 0.906 bits per heavy atom. The number of benzene rings is 2. The van der Waals surface area contributed by atoms with E-state index < -0.39 is 30.4 Å². The van der Waals surface area contributed by atoms with Crippen LogP contribution in [0.4, 0.5) is 11.4 Å². The number of aryl methyl sites for hydroxylation is 1. The lowest BCUT2D eigenvalue weighted by atomic mass is 10.2. The van der Waals surface area contributed by atoms with Gasteiger partial charge in [-0.1, -0.05) is 17.7 Å². The van der Waals surface area contributed by atoms with Crippen LogP contribution < -0.4 is 10.6 Å². The predicted octanol–water partition coefficient (Wildman–Crippen LogP) is 4.11. The highest BCUT2D eigenvalue weighted by atomic mass is 35.5. The highest BCUT2D eigenvalue weighted by Gasteiger charge is 2.13. The Balaban J connectivity index is 1.71. The minimum absolute atomic E-state index is 0.120. The molecule has 0 aliphatic heterocycles. The van der Waals surface area contributed by atoms with Crippen LogP contribution in [-0.4, -0.2) is 36.5 Å². The minimum atomic E-state index is -0.677. The van der Waals surface area contributed by atoms with Crippen molar-refractivity contribution in [3.63, 3.8) is 0 Å². The third-order valence-electron chi connectivity index (χ3n) is 4.12. The maximum absolute atomic E-state index is 12.0. The first-order chi connectivity index (χ1) is 15.1. The van der Waals surface area contributed by atoms with Crippen LogP contribution in [0.1, 0.15) is 42.6 Å². The van der Waals surface area contributed by atoms with E-state index in [1.807, 2.05) is 6.92 Å². The number of rotatable bonds is 9. The summed E-state index contributed by atoms with van der Waals surface area (Å²) in [4.78, 5) is 47.5. The van der Waals surface area contributed by atoms with Gasteiger partial charge in [0.15, 0.2) is 6.61 Å². The molecule has 0 unspecified atom stereocenters. The molecule has 0 saturated carbocycles. The van der Waals surface area contributed by atoms with E-state index in [0.29, 0.717) is 22.0 Å². The molecule has 2 aromatic rings. The molecule has 0 heterocycles. The number of ether oxygens (including phenoxy) is 2. The lowest BCUT2D eigenvalue weighted by Gasteiger charge is -2.09. The molecule has 0 aromatic heterocycles. The number of anilines is 2. The van der Waals surface area contributed by atoms with Crippen LogP contribution in [0.5, 0.6) is 0 Å². The summed E-state index contributed by atoms with van der Waals surface area (Å²) in [6.07, 6.45) is -0.534. The first-order valence-corrected chi connectivity index (χ1v) is 10.3. The molecule has 2 rings (SSSR count). The normalized spacial score (nSPS) is 10.4. The number of hydrogen-bond donors (Lipinski definition) is 2. The highest BCUT2D eigenvalue weighted by Crippen LogP contribution is 2.19. The van der Waals surface area contributed by atoms with E-state index in [1.54, 1.807) is 44.2 Å². The number of carbonyl (C=O) groups is 4. The largest absolute Gasteiger partial charge is 0.459 e. The van der Waals surface area contributed by atoms with Crippen molar-refractivity contribution in [2.45, 2.75) is 39.7 Å². The Morgan fingerprint density at radius 2 is 1.53 bits per heavy atom. The second-order valence-corrected chi connectivity index (χ2v) is 7.66. The molecule has 0 spiro atoms. The molecular formula is C23H25ClN2O6. The molecule has 2 amide bonds. The van der Waals surface area contributed by atoms with Crippen LogP contribution in [0.2, 0.25) is 5.02 Å². The van der Waals surface area contributed by atoms with Gasteiger partial charge < -0.3 is 20.1 Å². The third kappa shape index (κ3) is 8.39. The maximum atomic E-state index is 12.0. The van der Waals surface area contributed by atoms with Gasteiger partial charge in [-0.2, -0.15) is 0 Å². The molecule has 8 nitrogen and oxygen atoms in total. The smallest absolute Gasteiger partial charge is 0.338 e. The number of amides is 2. The van der Waals surface area contributed by atoms with Gasteiger partial charge in [-0.25, -0.2) is 4.79 Å². The van der Waals surface area contributed by atoms with Gasteiger partial charge in [0, 0.05) is 22.8 Å². The summed E-state index contributed by atoms with van der Waals surface area (Å²) in [6, 6.07) is 11.2. The molecule has 9 heteroatoms. The van der Waals surface area contributed by atoms with Crippen molar-refractivity contribution in [3.8, 4) is 0 Å². The van der Waals surface area contributed by atoms with Crippen molar-refractivity contribution < 1.29 is 28.7 Å². The molecule has 0 radical (unpaired) electrons. The van der Waals surface area contributed by atoms with Crippen molar-refractivity contribution in [1.29, 1.82) is 0 Å². The molecule has 2 aromatic carbocycles. The number of halogens is 1.